The van der Waals surface area contributed by atoms with Crippen LogP contribution in [0, 0.1) is 5.82 Å². The maximum Gasteiger partial charge on any atom is 0.322 e. The number of nitrogens with zero attached hydrogens (tertiary/aromatic N) is 3. The fraction of sp³-hybridized carbons (Fsp3) is 0.250. The Labute approximate surface area is 156 Å². The molecule has 2 amide bonds. The van der Waals surface area contributed by atoms with Crippen molar-refractivity contribution in [3.8, 4) is 11.4 Å². The normalized spacial score (nSPS) is 16.9. The van der Waals surface area contributed by atoms with Crippen LogP contribution in [-0.4, -0.2) is 27.6 Å². The number of carbonyl (C=O) groups is 1. The molecule has 1 atom stereocenters. The largest absolute Gasteiger partial charge is 0.337 e. The van der Waals surface area contributed by atoms with E-state index < -0.39 is 0 Å². The van der Waals surface area contributed by atoms with Crippen LogP contribution in [0.5, 0.6) is 0 Å². The zero-order chi connectivity index (χ0) is 18.6. The summed E-state index contributed by atoms with van der Waals surface area (Å²) in [5.74, 6) is 0.467. The predicted octanol–water partition coefficient (Wildman–Crippen LogP) is 4.63. The molecule has 2 aromatic carbocycles. The molecule has 4 rings (SSSR count). The number of benzene rings is 2. The monoisotopic (exact) mass is 366 g/mol. The van der Waals surface area contributed by atoms with E-state index in [1.54, 1.807) is 17.0 Å². The molecule has 0 aliphatic carbocycles. The van der Waals surface area contributed by atoms with E-state index >= 15 is 0 Å². The van der Waals surface area contributed by atoms with Crippen LogP contribution in [0.15, 0.2) is 59.1 Å². The van der Waals surface area contributed by atoms with Crippen molar-refractivity contribution < 1.29 is 13.7 Å². The van der Waals surface area contributed by atoms with Gasteiger partial charge in [0.2, 0.25) is 11.7 Å². The quantitative estimate of drug-likeness (QED) is 0.733. The van der Waals surface area contributed by atoms with E-state index in [2.05, 4.69) is 15.5 Å². The van der Waals surface area contributed by atoms with Crippen LogP contribution in [0.2, 0.25) is 0 Å². The third-order valence-corrected chi connectivity index (χ3v) is 4.62. The summed E-state index contributed by atoms with van der Waals surface area (Å²) in [7, 11) is 0. The van der Waals surface area contributed by atoms with Crippen molar-refractivity contribution in [3.63, 3.8) is 0 Å². The van der Waals surface area contributed by atoms with Crippen molar-refractivity contribution in [2.24, 2.45) is 0 Å². The van der Waals surface area contributed by atoms with E-state index in [9.17, 15) is 9.18 Å². The van der Waals surface area contributed by atoms with Crippen LogP contribution < -0.4 is 5.32 Å². The summed E-state index contributed by atoms with van der Waals surface area (Å²) < 4.78 is 18.5. The Hall–Kier alpha value is -3.22. The Bertz CT molecular complexity index is 911. The van der Waals surface area contributed by atoms with E-state index in [0.717, 1.165) is 24.9 Å². The minimum atomic E-state index is -0.321. The van der Waals surface area contributed by atoms with Crippen LogP contribution in [-0.2, 0) is 0 Å². The molecular weight excluding hydrogens is 347 g/mol. The number of carbonyl (C=O) groups excluding carboxylic acids is 1. The molecule has 3 aromatic rings. The Morgan fingerprint density at radius 1 is 1.11 bits per heavy atom. The molecule has 1 fully saturated rings. The van der Waals surface area contributed by atoms with Crippen LogP contribution in [0.4, 0.5) is 14.9 Å². The van der Waals surface area contributed by atoms with Gasteiger partial charge in [-0.05, 0) is 55.7 Å². The standard InChI is InChI=1S/C20H19FN4O2/c21-15-11-9-14(10-12-15)18-23-19(27-24-18)17-8-4-5-13-25(17)20(26)22-16-6-2-1-3-7-16/h1-3,6-7,9-12,17H,4-5,8,13H2,(H,22,26)/t17-/m0/s1. The molecule has 7 heteroatoms. The summed E-state index contributed by atoms with van der Waals surface area (Å²) >= 11 is 0. The molecule has 0 bridgehead atoms. The number of piperidine rings is 1. The van der Waals surface area contributed by atoms with E-state index in [4.69, 9.17) is 4.52 Å². The second-order valence-corrected chi connectivity index (χ2v) is 6.46. The molecule has 1 aliphatic rings. The first kappa shape index (κ1) is 17.2. The number of hydrogen-bond acceptors (Lipinski definition) is 4. The van der Waals surface area contributed by atoms with Crippen LogP contribution in [0.1, 0.15) is 31.2 Å². The number of anilines is 1. The fourth-order valence-corrected chi connectivity index (χ4v) is 3.23. The number of urea groups is 1. The highest BCUT2D eigenvalue weighted by molar-refractivity contribution is 5.89. The zero-order valence-electron chi connectivity index (χ0n) is 14.6. The number of nitrogens with one attached hydrogen (secondary N) is 1. The topological polar surface area (TPSA) is 71.3 Å². The number of rotatable bonds is 3. The van der Waals surface area contributed by atoms with Gasteiger partial charge in [-0.1, -0.05) is 23.4 Å². The molecule has 1 aromatic heterocycles. The maximum atomic E-state index is 13.1. The van der Waals surface area contributed by atoms with Gasteiger partial charge in [0.15, 0.2) is 0 Å². The number of aromatic nitrogens is 2. The summed E-state index contributed by atoms with van der Waals surface area (Å²) in [5, 5.41) is 6.91. The molecule has 27 heavy (non-hydrogen) atoms. The highest BCUT2D eigenvalue weighted by atomic mass is 19.1. The van der Waals surface area contributed by atoms with E-state index in [-0.39, 0.29) is 17.9 Å². The van der Waals surface area contributed by atoms with Crippen LogP contribution in [0.3, 0.4) is 0 Å². The molecule has 1 saturated heterocycles. The van der Waals surface area contributed by atoms with E-state index in [0.29, 0.717) is 23.8 Å². The Kier molecular flexibility index (Phi) is 4.82. The molecule has 2 heterocycles. The third-order valence-electron chi connectivity index (χ3n) is 4.62. The molecule has 0 unspecified atom stereocenters. The summed E-state index contributed by atoms with van der Waals surface area (Å²) in [6, 6.07) is 14.8. The van der Waals surface area contributed by atoms with Gasteiger partial charge in [-0.15, -0.1) is 0 Å². The number of halogens is 1. The van der Waals surface area contributed by atoms with Crippen LogP contribution in [0.25, 0.3) is 11.4 Å². The van der Waals surface area contributed by atoms with E-state index in [1.165, 1.54) is 12.1 Å². The van der Waals surface area contributed by atoms with Crippen molar-refractivity contribution in [3.05, 3.63) is 66.3 Å². The molecule has 0 radical (unpaired) electrons. The van der Waals surface area contributed by atoms with Gasteiger partial charge < -0.3 is 14.7 Å². The first-order chi connectivity index (χ1) is 13.2. The van der Waals surface area contributed by atoms with Crippen molar-refractivity contribution in [1.82, 2.24) is 15.0 Å². The maximum absolute atomic E-state index is 13.1. The molecule has 1 N–H and O–H groups in total. The summed E-state index contributed by atoms with van der Waals surface area (Å²) in [4.78, 5) is 18.9. The van der Waals surface area contributed by atoms with Gasteiger partial charge in [0.25, 0.3) is 0 Å². The van der Waals surface area contributed by atoms with Crippen LogP contribution >= 0.6 is 0 Å². The van der Waals surface area contributed by atoms with Crippen molar-refractivity contribution in [2.45, 2.75) is 25.3 Å². The Balaban J connectivity index is 1.54. The lowest BCUT2D eigenvalue weighted by atomic mass is 10.0. The van der Waals surface area contributed by atoms with Crippen molar-refractivity contribution >= 4 is 11.7 Å². The smallest absolute Gasteiger partial charge is 0.322 e. The number of hydrogen-bond donors (Lipinski definition) is 1. The average Bonchev–Trinajstić information content (AvgIpc) is 3.19. The van der Waals surface area contributed by atoms with Crippen molar-refractivity contribution in [2.75, 3.05) is 11.9 Å². The zero-order valence-corrected chi connectivity index (χ0v) is 14.6. The molecule has 1 aliphatic heterocycles. The number of likely N-dealkylation sites (tertiary alicyclic amines) is 1. The van der Waals surface area contributed by atoms with E-state index in [1.807, 2.05) is 30.3 Å². The second-order valence-electron chi connectivity index (χ2n) is 6.46. The summed E-state index contributed by atoms with van der Waals surface area (Å²) in [6.07, 6.45) is 2.67. The fourth-order valence-electron chi connectivity index (χ4n) is 3.23. The van der Waals surface area contributed by atoms with Gasteiger partial charge in [0, 0.05) is 17.8 Å². The Morgan fingerprint density at radius 3 is 2.67 bits per heavy atom. The lowest BCUT2D eigenvalue weighted by Crippen LogP contribution is -2.41. The molecule has 0 spiro atoms. The SMILES string of the molecule is O=C(Nc1ccccc1)N1CCCC[C@H]1c1nc(-c2ccc(F)cc2)no1. The molecule has 138 valence electrons. The predicted molar refractivity (Wildman–Crippen MR) is 98.5 cm³/mol. The molecule has 0 saturated carbocycles. The first-order valence-electron chi connectivity index (χ1n) is 8.93. The first-order valence-corrected chi connectivity index (χ1v) is 8.93. The van der Waals surface area contributed by atoms with Gasteiger partial charge in [-0.3, -0.25) is 0 Å². The number of para-hydroxylation sites is 1. The van der Waals surface area contributed by atoms with Gasteiger partial charge in [-0.2, -0.15) is 4.98 Å². The highest BCUT2D eigenvalue weighted by Gasteiger charge is 2.32. The average molecular weight is 366 g/mol. The van der Waals surface area contributed by atoms with Gasteiger partial charge in [0.05, 0.1) is 0 Å². The lowest BCUT2D eigenvalue weighted by molar-refractivity contribution is 0.142. The van der Waals surface area contributed by atoms with Gasteiger partial charge in [0.1, 0.15) is 11.9 Å². The van der Waals surface area contributed by atoms with Crippen molar-refractivity contribution in [1.29, 1.82) is 0 Å². The number of amides is 2. The van der Waals surface area contributed by atoms with Gasteiger partial charge in [-0.25, -0.2) is 9.18 Å². The second kappa shape index (κ2) is 7.57. The molecule has 6 nitrogen and oxygen atoms in total. The van der Waals surface area contributed by atoms with Gasteiger partial charge >= 0.3 is 6.03 Å². The third kappa shape index (κ3) is 3.81. The minimum absolute atomic E-state index is 0.188. The molecular formula is C20H19FN4O2. The summed E-state index contributed by atoms with van der Waals surface area (Å²) in [6.45, 7) is 0.623. The minimum Gasteiger partial charge on any atom is -0.337 e. The lowest BCUT2D eigenvalue weighted by Gasteiger charge is -2.33. The summed E-state index contributed by atoms with van der Waals surface area (Å²) in [5.41, 5.74) is 1.41. The Morgan fingerprint density at radius 2 is 1.89 bits per heavy atom. The highest BCUT2D eigenvalue weighted by Crippen LogP contribution is 2.31.